The third-order valence-electron chi connectivity index (χ3n) is 2.09. The van der Waals surface area contributed by atoms with Crippen LogP contribution in [0, 0.1) is 5.82 Å². The highest BCUT2D eigenvalue weighted by Gasteiger charge is 2.21. The van der Waals surface area contributed by atoms with E-state index in [-0.39, 0.29) is 6.61 Å². The smallest absolute Gasteiger partial charge is 0.127 e. The summed E-state index contributed by atoms with van der Waals surface area (Å²) in [7, 11) is 1.45. The molecule has 0 aliphatic rings. The van der Waals surface area contributed by atoms with Gasteiger partial charge in [-0.25, -0.2) is 4.39 Å². The Morgan fingerprint density at radius 1 is 1.50 bits per heavy atom. The Morgan fingerprint density at radius 2 is 2.14 bits per heavy atom. The summed E-state index contributed by atoms with van der Waals surface area (Å²) in [6, 6.07) is 4.16. The highest BCUT2D eigenvalue weighted by molar-refractivity contribution is 5.33. The fraction of sp³-hybridized carbons (Fsp3) is 0.400. The van der Waals surface area contributed by atoms with E-state index < -0.39 is 11.4 Å². The van der Waals surface area contributed by atoms with E-state index >= 15 is 0 Å². The van der Waals surface area contributed by atoms with Crippen molar-refractivity contribution >= 4 is 0 Å². The van der Waals surface area contributed by atoms with Gasteiger partial charge in [-0.05, 0) is 24.6 Å². The summed E-state index contributed by atoms with van der Waals surface area (Å²) >= 11 is 0. The number of hydrogen-bond donors (Lipinski definition) is 2. The maximum absolute atomic E-state index is 13.1. The van der Waals surface area contributed by atoms with Gasteiger partial charge in [-0.2, -0.15) is 0 Å². The lowest BCUT2D eigenvalue weighted by molar-refractivity contribution is 0.209. The minimum atomic E-state index is -0.949. The summed E-state index contributed by atoms with van der Waals surface area (Å²) in [4.78, 5) is 0. The van der Waals surface area contributed by atoms with Crippen LogP contribution < -0.4 is 10.5 Å². The zero-order valence-corrected chi connectivity index (χ0v) is 8.25. The van der Waals surface area contributed by atoms with Gasteiger partial charge in [-0.1, -0.05) is 0 Å². The van der Waals surface area contributed by atoms with Crippen molar-refractivity contribution < 1.29 is 14.2 Å². The molecule has 1 aromatic rings. The number of rotatable bonds is 3. The molecule has 0 amide bonds. The average molecular weight is 199 g/mol. The van der Waals surface area contributed by atoms with Gasteiger partial charge in [-0.15, -0.1) is 0 Å². The first-order valence-electron chi connectivity index (χ1n) is 4.24. The summed E-state index contributed by atoms with van der Waals surface area (Å²) in [5, 5.41) is 9.01. The van der Waals surface area contributed by atoms with E-state index in [1.54, 1.807) is 13.0 Å². The van der Waals surface area contributed by atoms with E-state index in [2.05, 4.69) is 0 Å². The molecular weight excluding hydrogens is 185 g/mol. The van der Waals surface area contributed by atoms with Crippen LogP contribution in [-0.4, -0.2) is 18.8 Å². The topological polar surface area (TPSA) is 55.5 Å². The van der Waals surface area contributed by atoms with E-state index in [1.807, 2.05) is 0 Å². The summed E-state index contributed by atoms with van der Waals surface area (Å²) in [6.07, 6.45) is 0. The van der Waals surface area contributed by atoms with Crippen molar-refractivity contribution in [2.24, 2.45) is 5.73 Å². The molecule has 78 valence electrons. The monoisotopic (exact) mass is 199 g/mol. The predicted octanol–water partition coefficient (Wildman–Crippen LogP) is 1.00. The van der Waals surface area contributed by atoms with Gasteiger partial charge in [0.1, 0.15) is 11.6 Å². The molecule has 0 fully saturated rings. The zero-order valence-electron chi connectivity index (χ0n) is 8.25. The standard InChI is InChI=1S/C10H14FNO2/c1-10(12,6-13)7-3-8(11)5-9(4-7)14-2/h3-5,13H,6,12H2,1-2H3/t10-/m1/s1. The molecule has 1 aromatic carbocycles. The van der Waals surface area contributed by atoms with Crippen LogP contribution in [-0.2, 0) is 5.54 Å². The number of methoxy groups -OCH3 is 1. The third-order valence-corrected chi connectivity index (χ3v) is 2.09. The van der Waals surface area contributed by atoms with Crippen molar-refractivity contribution in [3.63, 3.8) is 0 Å². The highest BCUT2D eigenvalue weighted by atomic mass is 19.1. The summed E-state index contributed by atoms with van der Waals surface area (Å²) < 4.78 is 18.0. The average Bonchev–Trinajstić information content (AvgIpc) is 2.16. The second kappa shape index (κ2) is 3.94. The molecule has 0 spiro atoms. The Hall–Kier alpha value is -1.13. The van der Waals surface area contributed by atoms with Gasteiger partial charge in [-0.3, -0.25) is 0 Å². The van der Waals surface area contributed by atoms with E-state index in [9.17, 15) is 4.39 Å². The number of hydrogen-bond acceptors (Lipinski definition) is 3. The Morgan fingerprint density at radius 3 is 2.64 bits per heavy atom. The fourth-order valence-corrected chi connectivity index (χ4v) is 1.10. The van der Waals surface area contributed by atoms with Crippen molar-refractivity contribution in [3.8, 4) is 5.75 Å². The van der Waals surface area contributed by atoms with Crippen LogP contribution >= 0.6 is 0 Å². The molecule has 0 saturated heterocycles. The first-order chi connectivity index (χ1) is 6.49. The quantitative estimate of drug-likeness (QED) is 0.763. The van der Waals surface area contributed by atoms with Gasteiger partial charge in [0, 0.05) is 6.07 Å². The van der Waals surface area contributed by atoms with Gasteiger partial charge in [0.05, 0.1) is 19.3 Å². The largest absolute Gasteiger partial charge is 0.497 e. The molecular formula is C10H14FNO2. The van der Waals surface area contributed by atoms with Crippen LogP contribution in [0.3, 0.4) is 0 Å². The van der Waals surface area contributed by atoms with E-state index in [0.29, 0.717) is 11.3 Å². The molecule has 0 aliphatic carbocycles. The molecule has 0 aliphatic heterocycles. The summed E-state index contributed by atoms with van der Waals surface area (Å²) in [5.74, 6) is -0.0328. The predicted molar refractivity (Wildman–Crippen MR) is 51.6 cm³/mol. The lowest BCUT2D eigenvalue weighted by Gasteiger charge is -2.22. The van der Waals surface area contributed by atoms with Gasteiger partial charge < -0.3 is 15.6 Å². The number of nitrogens with two attached hydrogens (primary N) is 1. The molecule has 0 radical (unpaired) electrons. The number of halogens is 1. The molecule has 1 atom stereocenters. The van der Waals surface area contributed by atoms with Gasteiger partial charge in [0.2, 0.25) is 0 Å². The lowest BCUT2D eigenvalue weighted by atomic mass is 9.94. The van der Waals surface area contributed by atoms with Crippen LogP contribution in [0.2, 0.25) is 0 Å². The molecule has 0 aromatic heterocycles. The maximum Gasteiger partial charge on any atom is 0.127 e. The minimum absolute atomic E-state index is 0.250. The Labute approximate surface area is 82.3 Å². The van der Waals surface area contributed by atoms with E-state index in [1.165, 1.54) is 19.2 Å². The number of ether oxygens (including phenoxy) is 1. The van der Waals surface area contributed by atoms with Crippen LogP contribution in [0.1, 0.15) is 12.5 Å². The van der Waals surface area contributed by atoms with Crippen molar-refractivity contribution in [3.05, 3.63) is 29.6 Å². The minimum Gasteiger partial charge on any atom is -0.497 e. The number of aliphatic hydroxyl groups excluding tert-OH is 1. The first kappa shape index (κ1) is 10.9. The molecule has 0 bridgehead atoms. The SMILES string of the molecule is COc1cc(F)cc([C@](C)(N)CO)c1. The highest BCUT2D eigenvalue weighted by Crippen LogP contribution is 2.23. The van der Waals surface area contributed by atoms with Crippen molar-refractivity contribution in [1.82, 2.24) is 0 Å². The molecule has 0 saturated carbocycles. The van der Waals surface area contributed by atoms with Crippen molar-refractivity contribution in [2.45, 2.75) is 12.5 Å². The van der Waals surface area contributed by atoms with Gasteiger partial charge in [0.15, 0.2) is 0 Å². The lowest BCUT2D eigenvalue weighted by Crippen LogP contribution is -2.37. The maximum atomic E-state index is 13.1. The number of benzene rings is 1. The van der Waals surface area contributed by atoms with E-state index in [0.717, 1.165) is 0 Å². The second-order valence-electron chi connectivity index (χ2n) is 3.46. The molecule has 3 N–H and O–H groups in total. The van der Waals surface area contributed by atoms with Gasteiger partial charge in [0.25, 0.3) is 0 Å². The van der Waals surface area contributed by atoms with Crippen LogP contribution in [0.4, 0.5) is 4.39 Å². The Balaban J connectivity index is 3.15. The molecule has 14 heavy (non-hydrogen) atoms. The zero-order chi connectivity index (χ0) is 10.8. The normalized spacial score (nSPS) is 14.9. The number of aliphatic hydroxyl groups is 1. The fourth-order valence-electron chi connectivity index (χ4n) is 1.10. The molecule has 0 unspecified atom stereocenters. The first-order valence-corrected chi connectivity index (χ1v) is 4.24. The van der Waals surface area contributed by atoms with Crippen LogP contribution in [0.5, 0.6) is 5.75 Å². The molecule has 4 heteroatoms. The Bertz CT molecular complexity index is 326. The summed E-state index contributed by atoms with van der Waals surface area (Å²) in [5.41, 5.74) is 5.32. The van der Waals surface area contributed by atoms with Gasteiger partial charge >= 0.3 is 0 Å². The molecule has 1 rings (SSSR count). The molecule has 0 heterocycles. The van der Waals surface area contributed by atoms with E-state index in [4.69, 9.17) is 15.6 Å². The van der Waals surface area contributed by atoms with Crippen LogP contribution in [0.25, 0.3) is 0 Å². The van der Waals surface area contributed by atoms with Crippen LogP contribution in [0.15, 0.2) is 18.2 Å². The van der Waals surface area contributed by atoms with Crippen molar-refractivity contribution in [1.29, 1.82) is 0 Å². The Kier molecular flexibility index (Phi) is 3.08. The summed E-state index contributed by atoms with van der Waals surface area (Å²) in [6.45, 7) is 1.38. The molecule has 3 nitrogen and oxygen atoms in total. The third kappa shape index (κ3) is 2.21. The van der Waals surface area contributed by atoms with Crippen molar-refractivity contribution in [2.75, 3.05) is 13.7 Å². The second-order valence-corrected chi connectivity index (χ2v) is 3.46.